The van der Waals surface area contributed by atoms with E-state index >= 15 is 0 Å². The molecule has 0 heterocycles. The van der Waals surface area contributed by atoms with E-state index in [0.717, 1.165) is 38.5 Å². The molecule has 0 aliphatic carbocycles. The maximum atomic E-state index is 12.7. The lowest BCUT2D eigenvalue weighted by molar-refractivity contribution is -0.870. The molecule has 9 nitrogen and oxygen atoms in total. The summed E-state index contributed by atoms with van der Waals surface area (Å²) in [6, 6.07) is 0. The summed E-state index contributed by atoms with van der Waals surface area (Å²) in [4.78, 5) is 35.5. The van der Waals surface area contributed by atoms with Crippen LogP contribution in [0.15, 0.2) is 0 Å². The average Bonchev–Trinajstić information content (AvgIpc) is 3.19. The SMILES string of the molecule is CCCCCCCCCCCCCCCCCCCCCC(=O)O[C@H](COC(=O)CCCCCCCCCCCCCCCCCC)COP(=O)(O)OCC[N+](C)(C)C. The second-order valence-electron chi connectivity index (χ2n) is 18.6. The number of carbonyl (C=O) groups excluding carboxylic acids is 2. The molecule has 0 saturated carbocycles. The molecule has 1 unspecified atom stereocenters. The number of likely N-dealkylation sites (N-methyl/N-ethyl adjacent to an activating group) is 1. The fraction of sp³-hybridized carbons (Fsp3) is 0.959. The highest BCUT2D eigenvalue weighted by molar-refractivity contribution is 7.47. The molecule has 0 radical (unpaired) electrons. The van der Waals surface area contributed by atoms with Gasteiger partial charge in [-0.15, -0.1) is 0 Å². The van der Waals surface area contributed by atoms with Crippen molar-refractivity contribution in [2.24, 2.45) is 0 Å². The molecule has 0 rings (SSSR count). The Morgan fingerprint density at radius 3 is 1.08 bits per heavy atom. The van der Waals surface area contributed by atoms with E-state index in [-0.39, 0.29) is 25.6 Å². The third-order valence-corrected chi connectivity index (χ3v) is 12.4. The van der Waals surface area contributed by atoms with Gasteiger partial charge in [0, 0.05) is 12.8 Å². The van der Waals surface area contributed by atoms with E-state index in [1.54, 1.807) is 0 Å². The van der Waals surface area contributed by atoms with Crippen LogP contribution in [0.1, 0.15) is 251 Å². The molecule has 2 atom stereocenters. The number of phosphoric ester groups is 1. The highest BCUT2D eigenvalue weighted by Gasteiger charge is 2.27. The zero-order chi connectivity index (χ0) is 43.6. The number of phosphoric acid groups is 1. The van der Waals surface area contributed by atoms with Crippen LogP contribution in [-0.2, 0) is 32.7 Å². The normalized spacial score (nSPS) is 13.4. The molecule has 0 amide bonds. The first-order chi connectivity index (χ1) is 28.5. The van der Waals surface area contributed by atoms with Crippen LogP contribution in [0.4, 0.5) is 0 Å². The van der Waals surface area contributed by atoms with E-state index in [1.165, 1.54) is 186 Å². The average molecular weight is 861 g/mol. The summed E-state index contributed by atoms with van der Waals surface area (Å²) in [7, 11) is 1.50. The van der Waals surface area contributed by atoms with Gasteiger partial charge in [-0.25, -0.2) is 4.57 Å². The molecule has 0 saturated heterocycles. The zero-order valence-corrected chi connectivity index (χ0v) is 40.7. The Morgan fingerprint density at radius 2 is 0.763 bits per heavy atom. The van der Waals surface area contributed by atoms with Crippen molar-refractivity contribution < 1.29 is 42.1 Å². The molecule has 0 fully saturated rings. The molecule has 59 heavy (non-hydrogen) atoms. The lowest BCUT2D eigenvalue weighted by Crippen LogP contribution is -2.37. The smallest absolute Gasteiger partial charge is 0.462 e. The number of quaternary nitrogens is 1. The highest BCUT2D eigenvalue weighted by atomic mass is 31.2. The van der Waals surface area contributed by atoms with Crippen LogP contribution in [0.25, 0.3) is 0 Å². The second kappa shape index (κ2) is 42.3. The number of hydrogen-bond acceptors (Lipinski definition) is 7. The van der Waals surface area contributed by atoms with Gasteiger partial charge in [0.15, 0.2) is 6.10 Å². The fourth-order valence-electron chi connectivity index (χ4n) is 7.43. The topological polar surface area (TPSA) is 108 Å². The molecule has 0 aromatic carbocycles. The molecule has 0 spiro atoms. The summed E-state index contributed by atoms with van der Waals surface area (Å²) < 4.78 is 34.5. The third kappa shape index (κ3) is 46.3. The minimum absolute atomic E-state index is 0.0371. The van der Waals surface area contributed by atoms with Crippen LogP contribution in [0, 0.1) is 0 Å². The summed E-state index contributed by atoms with van der Waals surface area (Å²) >= 11 is 0. The third-order valence-electron chi connectivity index (χ3n) is 11.4. The Bertz CT molecular complexity index is 974. The Morgan fingerprint density at radius 1 is 0.458 bits per heavy atom. The number of unbranched alkanes of at least 4 members (excludes halogenated alkanes) is 33. The molecule has 0 aliphatic heterocycles. The molecule has 1 N–H and O–H groups in total. The lowest BCUT2D eigenvalue weighted by Gasteiger charge is -2.24. The quantitative estimate of drug-likeness (QED) is 0.0279. The van der Waals surface area contributed by atoms with Crippen molar-refractivity contribution in [3.8, 4) is 0 Å². The van der Waals surface area contributed by atoms with Crippen molar-refractivity contribution in [3.63, 3.8) is 0 Å². The number of hydrogen-bond donors (Lipinski definition) is 1. The van der Waals surface area contributed by atoms with Crippen molar-refractivity contribution in [2.75, 3.05) is 47.5 Å². The van der Waals surface area contributed by atoms with Crippen molar-refractivity contribution in [1.29, 1.82) is 0 Å². The van der Waals surface area contributed by atoms with Crippen molar-refractivity contribution in [2.45, 2.75) is 258 Å². The summed E-state index contributed by atoms with van der Waals surface area (Å²) in [6.45, 7) is 4.48. The number of carbonyl (C=O) groups is 2. The van der Waals surface area contributed by atoms with Crippen LogP contribution in [-0.4, -0.2) is 74.9 Å². The van der Waals surface area contributed by atoms with Crippen molar-refractivity contribution in [1.82, 2.24) is 0 Å². The minimum Gasteiger partial charge on any atom is -0.462 e. The molecule has 0 aromatic rings. The lowest BCUT2D eigenvalue weighted by atomic mass is 10.0. The molecule has 0 aliphatic rings. The molecule has 352 valence electrons. The van der Waals surface area contributed by atoms with E-state index < -0.39 is 26.5 Å². The summed E-state index contributed by atoms with van der Waals surface area (Å²) in [5, 5.41) is 0. The predicted molar refractivity (Wildman–Crippen MR) is 248 cm³/mol. The van der Waals surface area contributed by atoms with Crippen LogP contribution < -0.4 is 0 Å². The Kier molecular flexibility index (Phi) is 41.6. The maximum absolute atomic E-state index is 12.7. The van der Waals surface area contributed by atoms with Gasteiger partial charge in [0.2, 0.25) is 0 Å². The number of esters is 2. The summed E-state index contributed by atoms with van der Waals surface area (Å²) in [5.41, 5.74) is 0. The van der Waals surface area contributed by atoms with Gasteiger partial charge in [-0.2, -0.15) is 0 Å². The summed E-state index contributed by atoms with van der Waals surface area (Å²) in [6.07, 6.45) is 44.3. The zero-order valence-electron chi connectivity index (χ0n) is 39.8. The van der Waals surface area contributed by atoms with Gasteiger partial charge >= 0.3 is 19.8 Å². The van der Waals surface area contributed by atoms with Gasteiger partial charge in [0.1, 0.15) is 19.8 Å². The molecule has 0 aromatic heterocycles. The second-order valence-corrected chi connectivity index (χ2v) is 20.0. The first-order valence-corrected chi connectivity index (χ1v) is 26.8. The van der Waals surface area contributed by atoms with Gasteiger partial charge in [0.25, 0.3) is 0 Å². The first-order valence-electron chi connectivity index (χ1n) is 25.3. The van der Waals surface area contributed by atoms with Gasteiger partial charge in [-0.1, -0.05) is 226 Å². The van der Waals surface area contributed by atoms with E-state index in [2.05, 4.69) is 13.8 Å². The minimum atomic E-state index is -4.37. The molecule has 0 bridgehead atoms. The maximum Gasteiger partial charge on any atom is 0.472 e. The monoisotopic (exact) mass is 861 g/mol. The molecular weight excluding hydrogens is 762 g/mol. The van der Waals surface area contributed by atoms with Crippen LogP contribution in [0.5, 0.6) is 0 Å². The van der Waals surface area contributed by atoms with Gasteiger partial charge in [-0.05, 0) is 12.8 Å². The van der Waals surface area contributed by atoms with Crippen LogP contribution >= 0.6 is 7.82 Å². The number of nitrogens with zero attached hydrogens (tertiary/aromatic N) is 1. The Hall–Kier alpha value is -0.990. The highest BCUT2D eigenvalue weighted by Crippen LogP contribution is 2.43. The number of rotatable bonds is 47. The molecule has 10 heteroatoms. The van der Waals surface area contributed by atoms with Crippen molar-refractivity contribution in [3.05, 3.63) is 0 Å². The van der Waals surface area contributed by atoms with Crippen LogP contribution in [0.3, 0.4) is 0 Å². The van der Waals surface area contributed by atoms with E-state index in [0.29, 0.717) is 17.4 Å². The predicted octanol–water partition coefficient (Wildman–Crippen LogP) is 14.8. The van der Waals surface area contributed by atoms with Gasteiger partial charge in [-0.3, -0.25) is 18.6 Å². The van der Waals surface area contributed by atoms with E-state index in [1.807, 2.05) is 21.1 Å². The summed E-state index contributed by atoms with van der Waals surface area (Å²) in [5.74, 6) is -0.778. The number of ether oxygens (including phenoxy) is 2. The largest absolute Gasteiger partial charge is 0.472 e. The van der Waals surface area contributed by atoms with Crippen LogP contribution in [0.2, 0.25) is 0 Å². The van der Waals surface area contributed by atoms with E-state index in [9.17, 15) is 19.0 Å². The fourth-order valence-corrected chi connectivity index (χ4v) is 8.17. The van der Waals surface area contributed by atoms with Gasteiger partial charge in [0.05, 0.1) is 27.7 Å². The Balaban J connectivity index is 4.21. The van der Waals surface area contributed by atoms with Gasteiger partial charge < -0.3 is 18.9 Å². The Labute approximate surface area is 365 Å². The standard InChI is InChI=1S/C49H98NO8P/c1-6-8-10-12-14-16-18-20-22-24-25-26-28-30-32-34-36-38-40-42-49(52)58-47(46-57-59(53,54)56-44-43-50(3,4)5)45-55-48(51)41-39-37-35-33-31-29-27-23-21-19-17-15-13-11-9-7-2/h47H,6-46H2,1-5H3/p+1/t47-/m1/s1. The van der Waals surface area contributed by atoms with Crippen molar-refractivity contribution >= 4 is 19.8 Å². The molecular formula is C49H99NO8P+. The van der Waals surface area contributed by atoms with E-state index in [4.69, 9.17) is 18.5 Å². The first kappa shape index (κ1) is 58.0.